The van der Waals surface area contributed by atoms with Crippen molar-refractivity contribution in [1.29, 1.82) is 0 Å². The van der Waals surface area contributed by atoms with Crippen LogP contribution in [0.2, 0.25) is 5.15 Å². The molecule has 20 heavy (non-hydrogen) atoms. The van der Waals surface area contributed by atoms with E-state index in [0.717, 1.165) is 13.1 Å². The summed E-state index contributed by atoms with van der Waals surface area (Å²) in [7, 11) is 2.02. The molecule has 3 nitrogen and oxygen atoms in total. The van der Waals surface area contributed by atoms with Gasteiger partial charge < -0.3 is 10.2 Å². The van der Waals surface area contributed by atoms with E-state index in [1.807, 2.05) is 19.3 Å². The lowest BCUT2D eigenvalue weighted by Gasteiger charge is -2.41. The van der Waals surface area contributed by atoms with E-state index in [1.165, 1.54) is 22.0 Å². The zero-order valence-electron chi connectivity index (χ0n) is 12.2. The second kappa shape index (κ2) is 5.23. The SMILES string of the molecule is CNC1CN(c2ccc(C(C)C)c3cc(Cl)ncc23)C1. The number of halogens is 1. The molecule has 1 fully saturated rings. The lowest BCUT2D eigenvalue weighted by Crippen LogP contribution is -2.57. The molecular formula is C16H20ClN3. The fourth-order valence-electron chi connectivity index (χ4n) is 2.86. The molecule has 0 spiro atoms. The van der Waals surface area contributed by atoms with Crippen LogP contribution < -0.4 is 10.2 Å². The molecule has 0 bridgehead atoms. The minimum absolute atomic E-state index is 0.478. The summed E-state index contributed by atoms with van der Waals surface area (Å²) >= 11 is 6.09. The van der Waals surface area contributed by atoms with Crippen LogP contribution in [0.1, 0.15) is 25.3 Å². The molecule has 1 aliphatic rings. The van der Waals surface area contributed by atoms with Crippen LogP contribution in [-0.2, 0) is 0 Å². The van der Waals surface area contributed by atoms with E-state index < -0.39 is 0 Å². The summed E-state index contributed by atoms with van der Waals surface area (Å²) in [6.45, 7) is 6.53. The second-order valence-electron chi connectivity index (χ2n) is 5.77. The van der Waals surface area contributed by atoms with Gasteiger partial charge >= 0.3 is 0 Å². The van der Waals surface area contributed by atoms with E-state index in [4.69, 9.17) is 11.6 Å². The third kappa shape index (κ3) is 2.25. The number of hydrogen-bond acceptors (Lipinski definition) is 3. The number of aromatic nitrogens is 1. The number of rotatable bonds is 3. The minimum Gasteiger partial charge on any atom is -0.368 e. The molecule has 1 saturated heterocycles. The maximum absolute atomic E-state index is 6.09. The molecule has 0 radical (unpaired) electrons. The predicted molar refractivity (Wildman–Crippen MR) is 85.9 cm³/mol. The van der Waals surface area contributed by atoms with E-state index in [2.05, 4.69) is 41.2 Å². The normalized spacial score (nSPS) is 15.9. The van der Waals surface area contributed by atoms with Gasteiger partial charge in [-0.15, -0.1) is 0 Å². The number of likely N-dealkylation sites (N-methyl/N-ethyl adjacent to an activating group) is 1. The fraction of sp³-hybridized carbons (Fsp3) is 0.438. The number of anilines is 1. The van der Waals surface area contributed by atoms with Gasteiger partial charge in [0.15, 0.2) is 0 Å². The van der Waals surface area contributed by atoms with E-state index in [9.17, 15) is 0 Å². The van der Waals surface area contributed by atoms with Crippen molar-refractivity contribution in [2.45, 2.75) is 25.8 Å². The quantitative estimate of drug-likeness (QED) is 0.878. The number of pyridine rings is 1. The van der Waals surface area contributed by atoms with Gasteiger partial charge in [-0.05, 0) is 36.0 Å². The topological polar surface area (TPSA) is 28.2 Å². The van der Waals surface area contributed by atoms with Crippen LogP contribution in [0, 0.1) is 0 Å². The molecule has 3 rings (SSSR count). The van der Waals surface area contributed by atoms with Gasteiger partial charge in [0.2, 0.25) is 0 Å². The minimum atomic E-state index is 0.478. The average Bonchev–Trinajstić information content (AvgIpc) is 2.36. The maximum Gasteiger partial charge on any atom is 0.129 e. The lowest BCUT2D eigenvalue weighted by molar-refractivity contribution is 0.451. The molecule has 2 heterocycles. The van der Waals surface area contributed by atoms with Gasteiger partial charge in [0, 0.05) is 36.4 Å². The Labute approximate surface area is 124 Å². The monoisotopic (exact) mass is 289 g/mol. The van der Waals surface area contributed by atoms with Crippen LogP contribution in [0.5, 0.6) is 0 Å². The van der Waals surface area contributed by atoms with Crippen LogP contribution in [0.25, 0.3) is 10.8 Å². The highest BCUT2D eigenvalue weighted by molar-refractivity contribution is 6.30. The Hall–Kier alpha value is -1.32. The molecule has 1 aliphatic heterocycles. The predicted octanol–water partition coefficient (Wildman–Crippen LogP) is 3.42. The highest BCUT2D eigenvalue weighted by Crippen LogP contribution is 2.35. The van der Waals surface area contributed by atoms with Crippen molar-refractivity contribution in [3.8, 4) is 0 Å². The van der Waals surface area contributed by atoms with Gasteiger partial charge in [-0.1, -0.05) is 31.5 Å². The number of nitrogens with zero attached hydrogens (tertiary/aromatic N) is 2. The van der Waals surface area contributed by atoms with E-state index in [-0.39, 0.29) is 0 Å². The van der Waals surface area contributed by atoms with Gasteiger partial charge in [0.25, 0.3) is 0 Å². The summed E-state index contributed by atoms with van der Waals surface area (Å²) in [5.41, 5.74) is 2.60. The average molecular weight is 290 g/mol. The van der Waals surface area contributed by atoms with Crippen molar-refractivity contribution in [3.05, 3.63) is 35.1 Å². The summed E-state index contributed by atoms with van der Waals surface area (Å²) < 4.78 is 0. The van der Waals surface area contributed by atoms with Crippen LogP contribution >= 0.6 is 11.6 Å². The standard InChI is InChI=1S/C16H20ClN3/c1-10(2)12-4-5-15(20-8-11(9-20)18-3)14-7-19-16(17)6-13(12)14/h4-7,10-11,18H,8-9H2,1-3H3. The fourth-order valence-corrected chi connectivity index (χ4v) is 3.02. The molecule has 1 aromatic heterocycles. The Morgan fingerprint density at radius 3 is 2.70 bits per heavy atom. The molecule has 0 saturated carbocycles. The van der Waals surface area contributed by atoms with Gasteiger partial charge in [-0.2, -0.15) is 0 Å². The molecule has 4 heteroatoms. The number of benzene rings is 1. The summed E-state index contributed by atoms with van der Waals surface area (Å²) in [5.74, 6) is 0.478. The zero-order chi connectivity index (χ0) is 14.3. The van der Waals surface area contributed by atoms with Crippen molar-refractivity contribution >= 4 is 28.1 Å². The molecule has 2 aromatic rings. The number of fused-ring (bicyclic) bond motifs is 1. The first-order valence-electron chi connectivity index (χ1n) is 7.10. The first-order chi connectivity index (χ1) is 9.60. The van der Waals surface area contributed by atoms with E-state index in [1.54, 1.807) is 0 Å². The van der Waals surface area contributed by atoms with Crippen LogP contribution in [-0.4, -0.2) is 31.2 Å². The summed E-state index contributed by atoms with van der Waals surface area (Å²) in [6, 6.07) is 7.03. The third-order valence-corrected chi connectivity index (χ3v) is 4.34. The first kappa shape index (κ1) is 13.7. The molecule has 0 aliphatic carbocycles. The molecule has 0 amide bonds. The second-order valence-corrected chi connectivity index (χ2v) is 6.16. The Balaban J connectivity index is 2.09. The highest BCUT2D eigenvalue weighted by Gasteiger charge is 2.27. The summed E-state index contributed by atoms with van der Waals surface area (Å²) in [5, 5.41) is 6.30. The van der Waals surface area contributed by atoms with Crippen LogP contribution in [0.15, 0.2) is 24.4 Å². The molecule has 0 atom stereocenters. The van der Waals surface area contributed by atoms with Crippen molar-refractivity contribution in [2.24, 2.45) is 0 Å². The van der Waals surface area contributed by atoms with Crippen molar-refractivity contribution < 1.29 is 0 Å². The van der Waals surface area contributed by atoms with E-state index in [0.29, 0.717) is 17.1 Å². The Morgan fingerprint density at radius 2 is 2.05 bits per heavy atom. The molecular weight excluding hydrogens is 270 g/mol. The molecule has 0 unspecified atom stereocenters. The summed E-state index contributed by atoms with van der Waals surface area (Å²) in [6.07, 6.45) is 1.91. The highest BCUT2D eigenvalue weighted by atomic mass is 35.5. The number of hydrogen-bond donors (Lipinski definition) is 1. The van der Waals surface area contributed by atoms with E-state index >= 15 is 0 Å². The van der Waals surface area contributed by atoms with Gasteiger partial charge in [0.1, 0.15) is 5.15 Å². The number of nitrogens with one attached hydrogen (secondary N) is 1. The zero-order valence-corrected chi connectivity index (χ0v) is 12.9. The van der Waals surface area contributed by atoms with Gasteiger partial charge in [-0.25, -0.2) is 4.98 Å². The summed E-state index contributed by atoms with van der Waals surface area (Å²) in [4.78, 5) is 6.66. The van der Waals surface area contributed by atoms with Crippen molar-refractivity contribution in [2.75, 3.05) is 25.0 Å². The molecule has 1 N–H and O–H groups in total. The van der Waals surface area contributed by atoms with Crippen LogP contribution in [0.3, 0.4) is 0 Å². The lowest BCUT2D eigenvalue weighted by atomic mass is 9.95. The third-order valence-electron chi connectivity index (χ3n) is 4.13. The van der Waals surface area contributed by atoms with Crippen molar-refractivity contribution in [1.82, 2.24) is 10.3 Å². The molecule has 106 valence electrons. The Bertz CT molecular complexity index is 633. The van der Waals surface area contributed by atoms with Gasteiger partial charge in [-0.3, -0.25) is 0 Å². The Morgan fingerprint density at radius 1 is 1.30 bits per heavy atom. The van der Waals surface area contributed by atoms with Crippen molar-refractivity contribution in [3.63, 3.8) is 0 Å². The Kier molecular flexibility index (Phi) is 3.57. The largest absolute Gasteiger partial charge is 0.368 e. The van der Waals surface area contributed by atoms with Crippen LogP contribution in [0.4, 0.5) is 5.69 Å². The smallest absolute Gasteiger partial charge is 0.129 e. The first-order valence-corrected chi connectivity index (χ1v) is 7.48. The van der Waals surface area contributed by atoms with Gasteiger partial charge in [0.05, 0.1) is 0 Å². The maximum atomic E-state index is 6.09. The molecule has 1 aromatic carbocycles.